The van der Waals surface area contributed by atoms with E-state index in [0.29, 0.717) is 0 Å². The van der Waals surface area contributed by atoms with Crippen molar-refractivity contribution >= 4 is 103 Å². The SMILES string of the molecule is OB(O)O.OB(O)O.OB(O)O.OB(O)O.OB(O)O.OB(O)O.[NaH].[NaH]. The molecule has 26 heteroatoms. The van der Waals surface area contributed by atoms with Crippen LogP contribution in [0.3, 0.4) is 0 Å². The summed E-state index contributed by atoms with van der Waals surface area (Å²) in [6.45, 7) is 0. The molecule has 0 fully saturated rings. The Morgan fingerprint density at radius 1 is 0.192 bits per heavy atom. The first-order chi connectivity index (χ1) is 10.4. The molecule has 0 bridgehead atoms. The molecule has 0 atom stereocenters. The Hall–Kier alpha value is 1.67. The third-order valence-electron chi connectivity index (χ3n) is 0. The fourth-order valence-corrected chi connectivity index (χ4v) is 0. The van der Waals surface area contributed by atoms with Gasteiger partial charge in [-0.15, -0.1) is 0 Å². The second-order valence-corrected chi connectivity index (χ2v) is 2.08. The van der Waals surface area contributed by atoms with Crippen LogP contribution in [0.4, 0.5) is 0 Å². The molecule has 18 nitrogen and oxygen atoms in total. The van der Waals surface area contributed by atoms with Gasteiger partial charge in [0.1, 0.15) is 0 Å². The van der Waals surface area contributed by atoms with Crippen LogP contribution in [0.5, 0.6) is 0 Å². The molecule has 26 heavy (non-hydrogen) atoms. The van der Waals surface area contributed by atoms with E-state index in [1.54, 1.807) is 0 Å². The maximum absolute atomic E-state index is 7.17. The van der Waals surface area contributed by atoms with Crippen molar-refractivity contribution in [2.75, 3.05) is 0 Å². The van der Waals surface area contributed by atoms with Crippen molar-refractivity contribution in [3.8, 4) is 0 Å². The maximum atomic E-state index is 7.17. The van der Waals surface area contributed by atoms with Gasteiger partial charge in [0.15, 0.2) is 0 Å². The Balaban J connectivity index is -0.0000000245. The van der Waals surface area contributed by atoms with E-state index in [1.807, 2.05) is 0 Å². The van der Waals surface area contributed by atoms with Crippen molar-refractivity contribution in [2.45, 2.75) is 0 Å². The van der Waals surface area contributed by atoms with E-state index in [0.717, 1.165) is 0 Å². The zero-order chi connectivity index (χ0) is 21.5. The minimum absolute atomic E-state index is 0. The fraction of sp³-hybridized carbons (Fsp3) is 0. The summed E-state index contributed by atoms with van der Waals surface area (Å²) in [6.07, 6.45) is 0. The van der Waals surface area contributed by atoms with Crippen LogP contribution in [-0.2, 0) is 0 Å². The number of hydrogen-bond donors (Lipinski definition) is 18. The summed E-state index contributed by atoms with van der Waals surface area (Å²) in [5.41, 5.74) is 0. The minimum atomic E-state index is -2.17. The summed E-state index contributed by atoms with van der Waals surface area (Å²) in [6, 6.07) is 0. The van der Waals surface area contributed by atoms with Gasteiger partial charge in [-0.3, -0.25) is 0 Å². The van der Waals surface area contributed by atoms with E-state index < -0.39 is 43.9 Å². The van der Waals surface area contributed by atoms with Crippen LogP contribution in [0.2, 0.25) is 0 Å². The van der Waals surface area contributed by atoms with Crippen LogP contribution in [0.15, 0.2) is 0 Å². The Morgan fingerprint density at radius 2 is 0.192 bits per heavy atom. The molecule has 18 N–H and O–H groups in total. The summed E-state index contributed by atoms with van der Waals surface area (Å²) < 4.78 is 0. The zero-order valence-corrected chi connectivity index (χ0v) is 11.5. The third-order valence-corrected chi connectivity index (χ3v) is 0. The summed E-state index contributed by atoms with van der Waals surface area (Å²) in [4.78, 5) is 0. The molecule has 0 aliphatic carbocycles. The van der Waals surface area contributed by atoms with Crippen molar-refractivity contribution in [1.29, 1.82) is 0 Å². The van der Waals surface area contributed by atoms with Crippen molar-refractivity contribution in [1.82, 2.24) is 0 Å². The van der Waals surface area contributed by atoms with Crippen molar-refractivity contribution in [3.05, 3.63) is 0 Å². The van der Waals surface area contributed by atoms with E-state index in [4.69, 9.17) is 90.4 Å². The van der Waals surface area contributed by atoms with E-state index in [-0.39, 0.29) is 59.1 Å². The molecule has 148 valence electrons. The summed E-state index contributed by atoms with van der Waals surface area (Å²) in [5.74, 6) is 0. The topological polar surface area (TPSA) is 364 Å². The summed E-state index contributed by atoms with van der Waals surface area (Å²) >= 11 is 0. The molecule has 0 amide bonds. The van der Waals surface area contributed by atoms with Crippen molar-refractivity contribution in [2.24, 2.45) is 0 Å². The molecule has 0 saturated heterocycles. The van der Waals surface area contributed by atoms with Gasteiger partial charge in [0.25, 0.3) is 0 Å². The van der Waals surface area contributed by atoms with Gasteiger partial charge < -0.3 is 90.4 Å². The Kier molecular flexibility index (Phi) is 88.9. The third kappa shape index (κ3) is 5600. The van der Waals surface area contributed by atoms with Gasteiger partial charge in [0.2, 0.25) is 0 Å². The van der Waals surface area contributed by atoms with Gasteiger partial charge in [0, 0.05) is 0 Å². The molecule has 0 spiro atoms. The van der Waals surface area contributed by atoms with Gasteiger partial charge in [-0.25, -0.2) is 0 Å². The number of rotatable bonds is 0. The molecular formula is H20B6Na2O18. The molecule has 0 radical (unpaired) electrons. The second kappa shape index (κ2) is 45.4. The van der Waals surface area contributed by atoms with Crippen molar-refractivity contribution in [3.63, 3.8) is 0 Å². The first-order valence-corrected chi connectivity index (χ1v) is 4.65. The zero-order valence-electron chi connectivity index (χ0n) is 11.5. The van der Waals surface area contributed by atoms with E-state index in [9.17, 15) is 0 Å². The summed E-state index contributed by atoms with van der Waals surface area (Å²) in [5, 5.41) is 129. The van der Waals surface area contributed by atoms with Gasteiger partial charge in [-0.2, -0.15) is 0 Å². The first kappa shape index (κ1) is 50.9. The molecule has 0 unspecified atom stereocenters. The van der Waals surface area contributed by atoms with E-state index in [2.05, 4.69) is 0 Å². The fourth-order valence-electron chi connectivity index (χ4n) is 0. The van der Waals surface area contributed by atoms with Gasteiger partial charge in [-0.1, -0.05) is 0 Å². The average molecular weight is 419 g/mol. The standard InChI is InChI=1S/6BH3O3.2Na.2H/c6*2-1(3)4;;;;/h6*2-4H;;;;. The predicted octanol–water partition coefficient (Wildman–Crippen LogP) is -13.6. The van der Waals surface area contributed by atoms with Crippen LogP contribution < -0.4 is 0 Å². The Bertz CT molecular complexity index is 105. The normalized spacial score (nSPS) is 6.23. The number of hydrogen-bond acceptors (Lipinski definition) is 18. The van der Waals surface area contributed by atoms with Crippen LogP contribution in [-0.4, -0.2) is 193 Å². The molecular weight excluding hydrogens is 399 g/mol. The molecule has 0 aromatic heterocycles. The Morgan fingerprint density at radius 3 is 0.192 bits per heavy atom. The Labute approximate surface area is 192 Å². The van der Waals surface area contributed by atoms with Crippen LogP contribution in [0, 0.1) is 0 Å². The molecule has 0 aromatic rings. The average Bonchev–Trinajstić information content (AvgIpc) is 2.08. The first-order valence-electron chi connectivity index (χ1n) is 4.65. The predicted molar refractivity (Wildman–Crippen MR) is 88.8 cm³/mol. The van der Waals surface area contributed by atoms with Crippen LogP contribution in [0.1, 0.15) is 0 Å². The molecule has 0 saturated carbocycles. The van der Waals surface area contributed by atoms with Gasteiger partial charge >= 0.3 is 103 Å². The molecule has 0 aliphatic heterocycles. The van der Waals surface area contributed by atoms with E-state index >= 15 is 0 Å². The van der Waals surface area contributed by atoms with Crippen LogP contribution >= 0.6 is 0 Å². The summed E-state index contributed by atoms with van der Waals surface area (Å²) in [7, 11) is -13.0. The molecule has 0 heterocycles. The van der Waals surface area contributed by atoms with Gasteiger partial charge in [0.05, 0.1) is 0 Å². The quantitative estimate of drug-likeness (QED) is 0.162. The molecule has 0 aromatic carbocycles. The molecule has 0 aliphatic rings. The van der Waals surface area contributed by atoms with Gasteiger partial charge in [-0.05, 0) is 0 Å². The van der Waals surface area contributed by atoms with Crippen molar-refractivity contribution < 1.29 is 90.4 Å². The second-order valence-electron chi connectivity index (χ2n) is 2.08. The monoisotopic (exact) mass is 420 g/mol. The van der Waals surface area contributed by atoms with Crippen LogP contribution in [0.25, 0.3) is 0 Å². The van der Waals surface area contributed by atoms with E-state index in [1.165, 1.54) is 0 Å². The molecule has 0 rings (SSSR count).